The molecule has 0 atom stereocenters. The Morgan fingerprint density at radius 3 is 2.04 bits per heavy atom. The van der Waals surface area contributed by atoms with Crippen LogP contribution in [0, 0.1) is 0 Å². The molecule has 0 amide bonds. The molecule has 0 unspecified atom stereocenters. The SMILES string of the molecule is CC1(C)c2ccccc2-c2ccc(N(c3ccc(-c4cc5ccccc5s4)cc3)c3ccc(-n4c5ccccc5c5ccc6c7ccccc7oc6c54)cc3)cc21. The number of thiophene rings is 1. The number of rotatable bonds is 5. The Bertz CT molecular complexity index is 3350. The fraction of sp³-hybridized carbons (Fsp3) is 0.0566. The molecule has 0 saturated heterocycles. The Morgan fingerprint density at radius 2 is 1.19 bits per heavy atom. The summed E-state index contributed by atoms with van der Waals surface area (Å²) in [4.78, 5) is 3.68. The molecule has 270 valence electrons. The summed E-state index contributed by atoms with van der Waals surface area (Å²) in [6.07, 6.45) is 0. The topological polar surface area (TPSA) is 21.3 Å². The minimum absolute atomic E-state index is 0.110. The van der Waals surface area contributed by atoms with Gasteiger partial charge in [0.15, 0.2) is 5.58 Å². The number of benzene rings is 8. The van der Waals surface area contributed by atoms with Crippen molar-refractivity contribution in [2.45, 2.75) is 19.3 Å². The van der Waals surface area contributed by atoms with Crippen molar-refractivity contribution in [3.05, 3.63) is 193 Å². The van der Waals surface area contributed by atoms with Crippen molar-refractivity contribution in [1.82, 2.24) is 4.57 Å². The minimum Gasteiger partial charge on any atom is -0.454 e. The highest BCUT2D eigenvalue weighted by Gasteiger charge is 2.35. The quantitative estimate of drug-likeness (QED) is 0.175. The van der Waals surface area contributed by atoms with Gasteiger partial charge in [0.2, 0.25) is 0 Å². The summed E-state index contributed by atoms with van der Waals surface area (Å²) in [5.74, 6) is 0. The summed E-state index contributed by atoms with van der Waals surface area (Å²) < 4.78 is 10.3. The van der Waals surface area contributed by atoms with E-state index in [1.807, 2.05) is 17.4 Å². The van der Waals surface area contributed by atoms with Crippen LogP contribution in [-0.4, -0.2) is 4.57 Å². The predicted octanol–water partition coefficient (Wildman–Crippen LogP) is 15.3. The van der Waals surface area contributed by atoms with Gasteiger partial charge >= 0.3 is 0 Å². The molecular weight excluding hydrogens is 713 g/mol. The van der Waals surface area contributed by atoms with E-state index in [9.17, 15) is 0 Å². The van der Waals surface area contributed by atoms with E-state index in [1.165, 1.54) is 53.6 Å². The monoisotopic (exact) mass is 748 g/mol. The summed E-state index contributed by atoms with van der Waals surface area (Å²) in [6, 6.07) is 66.4. The van der Waals surface area contributed by atoms with Crippen molar-refractivity contribution in [3.8, 4) is 27.3 Å². The van der Waals surface area contributed by atoms with Gasteiger partial charge in [0, 0.05) is 59.3 Å². The van der Waals surface area contributed by atoms with Gasteiger partial charge in [0.25, 0.3) is 0 Å². The number of hydrogen-bond acceptors (Lipinski definition) is 3. The molecule has 3 heterocycles. The molecule has 3 nitrogen and oxygen atoms in total. The number of anilines is 3. The van der Waals surface area contributed by atoms with Gasteiger partial charge in [-0.3, -0.25) is 0 Å². The number of fused-ring (bicyclic) bond motifs is 11. The van der Waals surface area contributed by atoms with Crippen molar-refractivity contribution in [1.29, 1.82) is 0 Å². The maximum absolute atomic E-state index is 6.64. The molecule has 1 aliphatic carbocycles. The molecule has 0 bridgehead atoms. The van der Waals surface area contributed by atoms with Gasteiger partial charge in [0.05, 0.1) is 11.0 Å². The minimum atomic E-state index is -0.110. The Balaban J connectivity index is 1.02. The highest BCUT2D eigenvalue weighted by atomic mass is 32.1. The molecule has 0 spiro atoms. The number of para-hydroxylation sites is 2. The van der Waals surface area contributed by atoms with Crippen LogP contribution in [0.25, 0.3) is 81.1 Å². The second-order valence-corrected chi connectivity index (χ2v) is 16.8. The zero-order chi connectivity index (χ0) is 37.8. The second-order valence-electron chi connectivity index (χ2n) is 15.7. The lowest BCUT2D eigenvalue weighted by molar-refractivity contribution is 0.660. The zero-order valence-corrected chi connectivity index (χ0v) is 32.3. The zero-order valence-electron chi connectivity index (χ0n) is 31.5. The summed E-state index contributed by atoms with van der Waals surface area (Å²) in [7, 11) is 0. The summed E-state index contributed by atoms with van der Waals surface area (Å²) >= 11 is 1.85. The number of nitrogens with zero attached hydrogens (tertiary/aromatic N) is 2. The van der Waals surface area contributed by atoms with E-state index >= 15 is 0 Å². The Kier molecular flexibility index (Phi) is 6.85. The third kappa shape index (κ3) is 4.78. The average molecular weight is 749 g/mol. The molecule has 1 aliphatic rings. The van der Waals surface area contributed by atoms with Gasteiger partial charge in [-0.2, -0.15) is 0 Å². The maximum Gasteiger partial charge on any atom is 0.160 e. The molecule has 3 aromatic heterocycles. The number of furan rings is 1. The van der Waals surface area contributed by atoms with Crippen LogP contribution in [0.2, 0.25) is 0 Å². The Labute approximate surface area is 334 Å². The molecule has 0 radical (unpaired) electrons. The van der Waals surface area contributed by atoms with Gasteiger partial charge in [-0.1, -0.05) is 117 Å². The van der Waals surface area contributed by atoms with E-state index in [0.717, 1.165) is 55.7 Å². The van der Waals surface area contributed by atoms with E-state index in [0.29, 0.717) is 0 Å². The molecule has 8 aromatic carbocycles. The lowest BCUT2D eigenvalue weighted by Gasteiger charge is -2.28. The van der Waals surface area contributed by atoms with Crippen LogP contribution in [0.3, 0.4) is 0 Å². The van der Waals surface area contributed by atoms with E-state index < -0.39 is 0 Å². The molecule has 12 rings (SSSR count). The van der Waals surface area contributed by atoms with Crippen LogP contribution in [0.1, 0.15) is 25.0 Å². The number of aromatic nitrogens is 1. The third-order valence-corrected chi connectivity index (χ3v) is 13.4. The van der Waals surface area contributed by atoms with Crippen LogP contribution in [0.5, 0.6) is 0 Å². The van der Waals surface area contributed by atoms with Crippen LogP contribution in [0.15, 0.2) is 186 Å². The molecule has 11 aromatic rings. The van der Waals surface area contributed by atoms with E-state index in [-0.39, 0.29) is 5.41 Å². The van der Waals surface area contributed by atoms with Crippen molar-refractivity contribution in [2.24, 2.45) is 0 Å². The van der Waals surface area contributed by atoms with Crippen molar-refractivity contribution >= 4 is 82.2 Å². The molecule has 0 aliphatic heterocycles. The summed E-state index contributed by atoms with van der Waals surface area (Å²) in [5.41, 5.74) is 15.0. The second kappa shape index (κ2) is 12.1. The molecule has 0 saturated carbocycles. The first-order valence-corrected chi connectivity index (χ1v) is 20.4. The molecule has 57 heavy (non-hydrogen) atoms. The molecule has 0 N–H and O–H groups in total. The van der Waals surface area contributed by atoms with E-state index in [4.69, 9.17) is 4.42 Å². The fourth-order valence-corrected chi connectivity index (χ4v) is 10.5. The van der Waals surface area contributed by atoms with Crippen molar-refractivity contribution in [2.75, 3.05) is 4.90 Å². The van der Waals surface area contributed by atoms with Crippen molar-refractivity contribution in [3.63, 3.8) is 0 Å². The highest BCUT2D eigenvalue weighted by Crippen LogP contribution is 2.51. The van der Waals surface area contributed by atoms with Crippen molar-refractivity contribution < 1.29 is 4.42 Å². The van der Waals surface area contributed by atoms with Gasteiger partial charge in [-0.15, -0.1) is 11.3 Å². The van der Waals surface area contributed by atoms with E-state index in [1.54, 1.807) is 0 Å². The van der Waals surface area contributed by atoms with Gasteiger partial charge in [-0.25, -0.2) is 0 Å². The standard InChI is InChI=1S/C53H36N2OS/c1-53(2)45-15-7-4-12-39(45)40-28-27-38(32-46(40)53)54(35-21-19-33(20-22-35)50-31-34-11-3-10-18-49(34)57-50)36-23-25-37(26-24-36)55-47-16-8-5-13-41(47)43-29-30-44-42-14-6-9-17-48(42)56-52(44)51(43)55/h3-32H,1-2H3. The van der Waals surface area contributed by atoms with Gasteiger partial charge < -0.3 is 13.9 Å². The Hall–Kier alpha value is -6.88. The van der Waals surface area contributed by atoms with Crippen LogP contribution < -0.4 is 4.90 Å². The van der Waals surface area contributed by atoms with E-state index in [2.05, 4.69) is 199 Å². The largest absolute Gasteiger partial charge is 0.454 e. The first kappa shape index (κ1) is 32.4. The van der Waals surface area contributed by atoms with Crippen LogP contribution in [0.4, 0.5) is 17.1 Å². The van der Waals surface area contributed by atoms with Gasteiger partial charge in [0.1, 0.15) is 5.58 Å². The smallest absolute Gasteiger partial charge is 0.160 e. The first-order chi connectivity index (χ1) is 28.0. The third-order valence-electron chi connectivity index (χ3n) is 12.2. The number of hydrogen-bond donors (Lipinski definition) is 0. The first-order valence-electron chi connectivity index (χ1n) is 19.6. The summed E-state index contributed by atoms with van der Waals surface area (Å²) in [6.45, 7) is 4.70. The predicted molar refractivity (Wildman–Crippen MR) is 241 cm³/mol. The molecule has 0 fully saturated rings. The maximum atomic E-state index is 6.64. The summed E-state index contributed by atoms with van der Waals surface area (Å²) in [5, 5.41) is 5.95. The Morgan fingerprint density at radius 1 is 0.526 bits per heavy atom. The highest BCUT2D eigenvalue weighted by molar-refractivity contribution is 7.22. The molecular formula is C53H36N2OS. The van der Waals surface area contributed by atoms with Crippen LogP contribution >= 0.6 is 11.3 Å². The molecule has 4 heteroatoms. The fourth-order valence-electron chi connectivity index (χ4n) is 9.43. The lowest BCUT2D eigenvalue weighted by atomic mass is 9.82. The van der Waals surface area contributed by atoms with Crippen LogP contribution in [-0.2, 0) is 5.41 Å². The normalized spacial score (nSPS) is 13.2. The van der Waals surface area contributed by atoms with Gasteiger partial charge in [-0.05, 0) is 112 Å². The lowest BCUT2D eigenvalue weighted by Crippen LogP contribution is -2.16. The average Bonchev–Trinajstić information content (AvgIpc) is 4.01.